The minimum Gasteiger partial charge on any atom is -0.444 e. The van der Waals surface area contributed by atoms with E-state index in [0.29, 0.717) is 6.04 Å². The van der Waals surface area contributed by atoms with E-state index in [-0.39, 0.29) is 24.5 Å². The number of hydrogen-bond acceptors (Lipinski definition) is 3. The Labute approximate surface area is 91.2 Å². The fraction of sp³-hybridized carbons (Fsp3) is 0.889. The van der Waals surface area contributed by atoms with E-state index in [9.17, 15) is 4.79 Å². The molecule has 0 aliphatic carbocycles. The van der Waals surface area contributed by atoms with E-state index in [1.807, 2.05) is 27.7 Å². The molecule has 1 fully saturated rings. The fourth-order valence-electron chi connectivity index (χ4n) is 1.11. The summed E-state index contributed by atoms with van der Waals surface area (Å²) in [6.07, 6.45) is -0.328. The van der Waals surface area contributed by atoms with Crippen LogP contribution in [0, 0.1) is 0 Å². The van der Waals surface area contributed by atoms with Crippen LogP contribution in [-0.4, -0.2) is 30.3 Å². The molecule has 0 saturated carbocycles. The lowest BCUT2D eigenvalue weighted by Gasteiger charge is -2.36. The Morgan fingerprint density at radius 3 is 2.36 bits per heavy atom. The summed E-state index contributed by atoms with van der Waals surface area (Å²) in [5.41, 5.74) is -0.412. The molecule has 0 bridgehead atoms. The molecule has 1 aliphatic heterocycles. The molecule has 1 heterocycles. The zero-order valence-corrected chi connectivity index (χ0v) is 9.90. The molecular formula is C9H19ClN2O2. The number of amides is 1. The van der Waals surface area contributed by atoms with Crippen LogP contribution in [0.25, 0.3) is 0 Å². The van der Waals surface area contributed by atoms with Crippen molar-refractivity contribution in [1.82, 2.24) is 10.6 Å². The van der Waals surface area contributed by atoms with Gasteiger partial charge < -0.3 is 15.4 Å². The Bertz CT molecular complexity index is 203. The summed E-state index contributed by atoms with van der Waals surface area (Å²) in [7, 11) is 0. The molecular weight excluding hydrogens is 204 g/mol. The third-order valence-corrected chi connectivity index (χ3v) is 1.97. The van der Waals surface area contributed by atoms with E-state index >= 15 is 0 Å². The van der Waals surface area contributed by atoms with E-state index in [2.05, 4.69) is 10.6 Å². The summed E-state index contributed by atoms with van der Waals surface area (Å²) < 4.78 is 5.11. The summed E-state index contributed by atoms with van der Waals surface area (Å²) in [5, 5.41) is 5.96. The summed E-state index contributed by atoms with van der Waals surface area (Å²) >= 11 is 0. The lowest BCUT2D eigenvalue weighted by Crippen LogP contribution is -2.63. The first-order chi connectivity index (χ1) is 5.88. The third kappa shape index (κ3) is 4.15. The van der Waals surface area contributed by atoms with Gasteiger partial charge in [-0.1, -0.05) is 0 Å². The molecule has 0 aromatic carbocycles. The van der Waals surface area contributed by atoms with Gasteiger partial charge in [-0.15, -0.1) is 12.4 Å². The second kappa shape index (κ2) is 4.84. The predicted octanol–water partition coefficient (Wildman–Crippen LogP) is 1.29. The molecule has 0 aromatic rings. The molecule has 14 heavy (non-hydrogen) atoms. The van der Waals surface area contributed by atoms with Gasteiger partial charge in [0.15, 0.2) is 0 Å². The van der Waals surface area contributed by atoms with Gasteiger partial charge in [0.2, 0.25) is 0 Å². The van der Waals surface area contributed by atoms with Crippen molar-refractivity contribution in [3.05, 3.63) is 0 Å². The highest BCUT2D eigenvalue weighted by Crippen LogP contribution is 2.08. The van der Waals surface area contributed by atoms with Crippen LogP contribution in [0.4, 0.5) is 4.79 Å². The van der Waals surface area contributed by atoms with Gasteiger partial charge in [0.05, 0.1) is 6.04 Å². The minimum absolute atomic E-state index is 0. The van der Waals surface area contributed by atoms with E-state index in [0.717, 1.165) is 6.54 Å². The van der Waals surface area contributed by atoms with Crippen LogP contribution in [0.5, 0.6) is 0 Å². The highest BCUT2D eigenvalue weighted by Gasteiger charge is 2.29. The number of rotatable bonds is 1. The molecule has 2 N–H and O–H groups in total. The fourth-order valence-corrected chi connectivity index (χ4v) is 1.11. The first-order valence-electron chi connectivity index (χ1n) is 4.61. The molecule has 4 nitrogen and oxygen atoms in total. The van der Waals surface area contributed by atoms with E-state index < -0.39 is 5.60 Å². The molecule has 1 amide bonds. The minimum atomic E-state index is -0.412. The SMILES string of the molecule is C[C@@H]1NC[C@@H]1NC(=O)OC(C)(C)C.Cl. The average molecular weight is 223 g/mol. The van der Waals surface area contributed by atoms with Crippen molar-refractivity contribution in [2.75, 3.05) is 6.54 Å². The van der Waals surface area contributed by atoms with Crippen LogP contribution in [-0.2, 0) is 4.74 Å². The normalized spacial score (nSPS) is 25.7. The first-order valence-corrected chi connectivity index (χ1v) is 4.61. The second-order valence-electron chi connectivity index (χ2n) is 4.45. The van der Waals surface area contributed by atoms with Crippen LogP contribution < -0.4 is 10.6 Å². The summed E-state index contributed by atoms with van der Waals surface area (Å²) in [6.45, 7) is 8.44. The number of carbonyl (C=O) groups is 1. The highest BCUT2D eigenvalue weighted by molar-refractivity contribution is 5.85. The van der Waals surface area contributed by atoms with Gasteiger partial charge in [-0.25, -0.2) is 4.79 Å². The quantitative estimate of drug-likeness (QED) is 0.703. The van der Waals surface area contributed by atoms with Gasteiger partial charge in [0.25, 0.3) is 0 Å². The zero-order valence-electron chi connectivity index (χ0n) is 9.09. The van der Waals surface area contributed by atoms with Gasteiger partial charge in [-0.05, 0) is 27.7 Å². The Morgan fingerprint density at radius 1 is 1.50 bits per heavy atom. The Kier molecular flexibility index (Phi) is 4.68. The lowest BCUT2D eigenvalue weighted by molar-refractivity contribution is 0.0468. The van der Waals surface area contributed by atoms with E-state index in [1.165, 1.54) is 0 Å². The van der Waals surface area contributed by atoms with Crippen molar-refractivity contribution in [3.8, 4) is 0 Å². The van der Waals surface area contributed by atoms with Gasteiger partial charge in [-0.2, -0.15) is 0 Å². The predicted molar refractivity (Wildman–Crippen MR) is 57.9 cm³/mol. The third-order valence-electron chi connectivity index (χ3n) is 1.97. The van der Waals surface area contributed by atoms with Crippen LogP contribution in [0.15, 0.2) is 0 Å². The molecule has 84 valence electrons. The number of alkyl carbamates (subject to hydrolysis) is 1. The molecule has 1 aliphatic rings. The van der Waals surface area contributed by atoms with Crippen LogP contribution >= 0.6 is 12.4 Å². The molecule has 0 spiro atoms. The van der Waals surface area contributed by atoms with Crippen LogP contribution in [0.2, 0.25) is 0 Å². The van der Waals surface area contributed by atoms with Crippen LogP contribution in [0.3, 0.4) is 0 Å². The maximum atomic E-state index is 11.2. The van der Waals surface area contributed by atoms with E-state index in [4.69, 9.17) is 4.74 Å². The molecule has 1 rings (SSSR count). The topological polar surface area (TPSA) is 50.4 Å². The summed E-state index contributed by atoms with van der Waals surface area (Å²) in [6, 6.07) is 0.572. The van der Waals surface area contributed by atoms with Crippen LogP contribution in [0.1, 0.15) is 27.7 Å². The molecule has 1 saturated heterocycles. The number of halogens is 1. The Hall–Kier alpha value is -0.480. The van der Waals surface area contributed by atoms with Crippen molar-refractivity contribution >= 4 is 18.5 Å². The molecule has 5 heteroatoms. The summed E-state index contributed by atoms with van der Waals surface area (Å²) in [5.74, 6) is 0. The van der Waals surface area contributed by atoms with Crippen molar-refractivity contribution in [3.63, 3.8) is 0 Å². The number of hydrogen-bond donors (Lipinski definition) is 2. The van der Waals surface area contributed by atoms with Crippen molar-refractivity contribution in [2.45, 2.75) is 45.4 Å². The second-order valence-corrected chi connectivity index (χ2v) is 4.45. The molecule has 0 unspecified atom stereocenters. The van der Waals surface area contributed by atoms with Gasteiger partial charge in [0.1, 0.15) is 5.60 Å². The number of carbonyl (C=O) groups excluding carboxylic acids is 1. The smallest absolute Gasteiger partial charge is 0.407 e. The molecule has 2 atom stereocenters. The summed E-state index contributed by atoms with van der Waals surface area (Å²) in [4.78, 5) is 11.2. The van der Waals surface area contributed by atoms with Crippen molar-refractivity contribution in [1.29, 1.82) is 0 Å². The standard InChI is InChI=1S/C9H18N2O2.ClH/c1-6-7(5-10-6)11-8(12)13-9(2,3)4;/h6-7,10H,5H2,1-4H3,(H,11,12);1H/t6-,7-;/m0./s1. The van der Waals surface area contributed by atoms with Gasteiger partial charge >= 0.3 is 6.09 Å². The van der Waals surface area contributed by atoms with Crippen molar-refractivity contribution < 1.29 is 9.53 Å². The van der Waals surface area contributed by atoms with Gasteiger partial charge in [0, 0.05) is 12.6 Å². The zero-order chi connectivity index (χ0) is 10.1. The lowest BCUT2D eigenvalue weighted by atomic mass is 10.0. The largest absolute Gasteiger partial charge is 0.444 e. The average Bonchev–Trinajstić information content (AvgIpc) is 1.94. The molecule has 0 aromatic heterocycles. The van der Waals surface area contributed by atoms with E-state index in [1.54, 1.807) is 0 Å². The maximum absolute atomic E-state index is 11.2. The van der Waals surface area contributed by atoms with Crippen molar-refractivity contribution in [2.24, 2.45) is 0 Å². The monoisotopic (exact) mass is 222 g/mol. The Balaban J connectivity index is 0.00000169. The Morgan fingerprint density at radius 2 is 2.07 bits per heavy atom. The first kappa shape index (κ1) is 13.5. The number of nitrogens with one attached hydrogen (secondary N) is 2. The maximum Gasteiger partial charge on any atom is 0.407 e. The highest BCUT2D eigenvalue weighted by atomic mass is 35.5. The number of ether oxygens (including phenoxy) is 1. The molecule has 0 radical (unpaired) electrons. The van der Waals surface area contributed by atoms with Gasteiger partial charge in [-0.3, -0.25) is 0 Å².